The molecule has 0 bridgehead atoms. The highest BCUT2D eigenvalue weighted by Crippen LogP contribution is 2.27. The Hall–Kier alpha value is -3.97. The average Bonchev–Trinajstić information content (AvgIpc) is 2.83. The minimum Gasteiger partial charge on any atom is -0.493 e. The number of amides is 2. The van der Waals surface area contributed by atoms with Gasteiger partial charge in [-0.05, 0) is 78.3 Å². The predicted octanol–water partition coefficient (Wildman–Crippen LogP) is 5.35. The highest BCUT2D eigenvalue weighted by molar-refractivity contribution is 7.80. The monoisotopic (exact) mass is 472 g/mol. The van der Waals surface area contributed by atoms with E-state index in [2.05, 4.69) is 19.2 Å². The molecule has 2 amide bonds. The molecule has 1 N–H and O–H groups in total. The lowest BCUT2D eigenvalue weighted by atomic mass is 10.1. The van der Waals surface area contributed by atoms with Crippen LogP contribution in [0.3, 0.4) is 0 Å². The summed E-state index contributed by atoms with van der Waals surface area (Å²) >= 11 is 5.28. The zero-order chi connectivity index (χ0) is 24.1. The number of thiocarbonyl (C=S) groups is 1. The molecule has 4 rings (SSSR count). The van der Waals surface area contributed by atoms with Crippen molar-refractivity contribution < 1.29 is 19.1 Å². The smallest absolute Gasteiger partial charge is 0.270 e. The van der Waals surface area contributed by atoms with Gasteiger partial charge in [0.15, 0.2) is 5.11 Å². The summed E-state index contributed by atoms with van der Waals surface area (Å²) in [5.41, 5.74) is 1.22. The number of carbonyl (C=O) groups is 2. The van der Waals surface area contributed by atoms with E-state index in [4.69, 9.17) is 21.7 Å². The average molecular weight is 473 g/mol. The molecule has 1 heterocycles. The van der Waals surface area contributed by atoms with Gasteiger partial charge in [0.05, 0.1) is 12.3 Å². The Morgan fingerprint density at radius 1 is 0.882 bits per heavy atom. The van der Waals surface area contributed by atoms with Crippen LogP contribution in [0.1, 0.15) is 19.4 Å². The van der Waals surface area contributed by atoms with E-state index in [1.54, 1.807) is 42.5 Å². The maximum atomic E-state index is 13.2. The van der Waals surface area contributed by atoms with Gasteiger partial charge in [-0.15, -0.1) is 0 Å². The fourth-order valence-electron chi connectivity index (χ4n) is 3.27. The summed E-state index contributed by atoms with van der Waals surface area (Å²) < 4.78 is 11.5. The molecular formula is C27H24N2O4S. The molecule has 0 aromatic heterocycles. The molecular weight excluding hydrogens is 448 g/mol. The normalized spacial score (nSPS) is 15.0. The molecule has 34 heavy (non-hydrogen) atoms. The molecule has 0 aliphatic carbocycles. The molecule has 0 spiro atoms. The number of anilines is 1. The van der Waals surface area contributed by atoms with E-state index in [1.165, 1.54) is 4.90 Å². The van der Waals surface area contributed by atoms with Crippen LogP contribution in [0, 0.1) is 5.92 Å². The van der Waals surface area contributed by atoms with Crippen molar-refractivity contribution in [2.75, 3.05) is 11.5 Å². The Labute approximate surface area is 203 Å². The van der Waals surface area contributed by atoms with Crippen molar-refractivity contribution in [3.05, 3.63) is 90.0 Å². The first-order valence-electron chi connectivity index (χ1n) is 10.9. The Bertz CT molecular complexity index is 1220. The highest BCUT2D eigenvalue weighted by atomic mass is 32.1. The summed E-state index contributed by atoms with van der Waals surface area (Å²) in [5.74, 6) is 1.44. The van der Waals surface area contributed by atoms with Crippen LogP contribution in [0.4, 0.5) is 5.69 Å². The third-order valence-electron chi connectivity index (χ3n) is 4.95. The minimum absolute atomic E-state index is 0.00550. The summed E-state index contributed by atoms with van der Waals surface area (Å²) in [6.07, 6.45) is 1.55. The van der Waals surface area contributed by atoms with Crippen molar-refractivity contribution in [3.63, 3.8) is 0 Å². The van der Waals surface area contributed by atoms with Crippen molar-refractivity contribution in [1.82, 2.24) is 5.32 Å². The van der Waals surface area contributed by atoms with Crippen molar-refractivity contribution in [1.29, 1.82) is 0 Å². The van der Waals surface area contributed by atoms with E-state index in [-0.39, 0.29) is 10.7 Å². The summed E-state index contributed by atoms with van der Waals surface area (Å²) in [5, 5.41) is 2.63. The van der Waals surface area contributed by atoms with E-state index >= 15 is 0 Å². The lowest BCUT2D eigenvalue weighted by Crippen LogP contribution is -2.54. The summed E-state index contributed by atoms with van der Waals surface area (Å²) in [6.45, 7) is 4.77. The predicted molar refractivity (Wildman–Crippen MR) is 136 cm³/mol. The fraction of sp³-hybridized carbons (Fsp3) is 0.148. The zero-order valence-corrected chi connectivity index (χ0v) is 19.7. The van der Waals surface area contributed by atoms with Gasteiger partial charge < -0.3 is 9.47 Å². The van der Waals surface area contributed by atoms with Gasteiger partial charge in [-0.1, -0.05) is 44.2 Å². The third kappa shape index (κ3) is 5.50. The van der Waals surface area contributed by atoms with E-state index in [9.17, 15) is 9.59 Å². The Kier molecular flexibility index (Phi) is 7.04. The van der Waals surface area contributed by atoms with Crippen LogP contribution in [0.5, 0.6) is 17.2 Å². The molecule has 0 radical (unpaired) electrons. The quantitative estimate of drug-likeness (QED) is 0.285. The topological polar surface area (TPSA) is 67.9 Å². The second-order valence-corrected chi connectivity index (χ2v) is 8.53. The Balaban J connectivity index is 1.52. The van der Waals surface area contributed by atoms with Crippen LogP contribution in [-0.4, -0.2) is 23.5 Å². The van der Waals surface area contributed by atoms with Crippen LogP contribution in [0.25, 0.3) is 6.08 Å². The maximum Gasteiger partial charge on any atom is 0.270 e. The number of nitrogens with zero attached hydrogens (tertiary/aromatic N) is 1. The van der Waals surface area contributed by atoms with E-state index in [0.29, 0.717) is 35.3 Å². The molecule has 1 fully saturated rings. The number of nitrogens with one attached hydrogen (secondary N) is 1. The second kappa shape index (κ2) is 10.3. The first kappa shape index (κ1) is 23.2. The summed E-state index contributed by atoms with van der Waals surface area (Å²) in [4.78, 5) is 27.1. The highest BCUT2D eigenvalue weighted by Gasteiger charge is 2.34. The van der Waals surface area contributed by atoms with E-state index < -0.39 is 11.8 Å². The van der Waals surface area contributed by atoms with Gasteiger partial charge >= 0.3 is 0 Å². The molecule has 1 aliphatic rings. The van der Waals surface area contributed by atoms with Crippen molar-refractivity contribution in [3.8, 4) is 17.2 Å². The molecule has 0 atom stereocenters. The van der Waals surface area contributed by atoms with E-state index in [1.807, 2.05) is 42.5 Å². The number of ether oxygens (including phenoxy) is 2. The van der Waals surface area contributed by atoms with Gasteiger partial charge in [0.1, 0.15) is 22.8 Å². The molecule has 3 aromatic carbocycles. The molecule has 1 aliphatic heterocycles. The SMILES string of the molecule is CC(C)COc1ccc(C=C2C(=O)NC(=S)N(c3ccc(Oc4ccccc4)cc3)C2=O)cc1. The van der Waals surface area contributed by atoms with Gasteiger partial charge in [0, 0.05) is 0 Å². The summed E-state index contributed by atoms with van der Waals surface area (Å²) in [7, 11) is 0. The lowest BCUT2D eigenvalue weighted by Gasteiger charge is -2.29. The zero-order valence-electron chi connectivity index (χ0n) is 18.9. The molecule has 6 nitrogen and oxygen atoms in total. The molecule has 1 saturated heterocycles. The number of hydrogen-bond acceptors (Lipinski definition) is 5. The van der Waals surface area contributed by atoms with Crippen LogP contribution in [-0.2, 0) is 9.59 Å². The minimum atomic E-state index is -0.532. The van der Waals surface area contributed by atoms with Crippen LogP contribution in [0.2, 0.25) is 0 Å². The van der Waals surface area contributed by atoms with Gasteiger partial charge in [-0.2, -0.15) is 0 Å². The first-order chi connectivity index (χ1) is 16.4. The Morgan fingerprint density at radius 2 is 1.50 bits per heavy atom. The second-order valence-electron chi connectivity index (χ2n) is 8.14. The number of carbonyl (C=O) groups excluding carboxylic acids is 2. The fourth-order valence-corrected chi connectivity index (χ4v) is 3.55. The standard InChI is InChI=1S/C27H24N2O4S/c1-18(2)17-32-21-12-8-19(9-13-21)16-24-25(30)28-27(34)29(26(24)31)20-10-14-23(15-11-20)33-22-6-4-3-5-7-22/h3-16,18H,17H2,1-2H3,(H,28,30,34). The largest absolute Gasteiger partial charge is 0.493 e. The number of para-hydroxylation sites is 1. The van der Waals surface area contributed by atoms with Crippen molar-refractivity contribution >= 4 is 40.9 Å². The van der Waals surface area contributed by atoms with Gasteiger partial charge in [0.2, 0.25) is 0 Å². The lowest BCUT2D eigenvalue weighted by molar-refractivity contribution is -0.122. The van der Waals surface area contributed by atoms with Gasteiger partial charge in [-0.3, -0.25) is 19.8 Å². The van der Waals surface area contributed by atoms with Crippen LogP contribution >= 0.6 is 12.2 Å². The van der Waals surface area contributed by atoms with Crippen molar-refractivity contribution in [2.24, 2.45) is 5.92 Å². The van der Waals surface area contributed by atoms with E-state index in [0.717, 1.165) is 5.75 Å². The van der Waals surface area contributed by atoms with Crippen LogP contribution in [0.15, 0.2) is 84.4 Å². The van der Waals surface area contributed by atoms with Gasteiger partial charge in [0.25, 0.3) is 11.8 Å². The van der Waals surface area contributed by atoms with Crippen LogP contribution < -0.4 is 19.7 Å². The molecule has 0 unspecified atom stereocenters. The number of benzene rings is 3. The van der Waals surface area contributed by atoms with Gasteiger partial charge in [-0.25, -0.2) is 0 Å². The molecule has 0 saturated carbocycles. The first-order valence-corrected chi connectivity index (χ1v) is 11.3. The molecule has 7 heteroatoms. The Morgan fingerprint density at radius 3 is 2.15 bits per heavy atom. The molecule has 172 valence electrons. The number of rotatable bonds is 7. The molecule has 3 aromatic rings. The third-order valence-corrected chi connectivity index (χ3v) is 5.23. The van der Waals surface area contributed by atoms with Crippen molar-refractivity contribution in [2.45, 2.75) is 13.8 Å². The number of hydrogen-bond donors (Lipinski definition) is 1. The summed E-state index contributed by atoms with van der Waals surface area (Å²) in [6, 6.07) is 23.5. The maximum absolute atomic E-state index is 13.2.